The Labute approximate surface area is 236 Å². The first kappa shape index (κ1) is 38.6. The molecule has 0 aromatic heterocycles. The quantitative estimate of drug-likeness (QED) is 0.0736. The highest BCUT2D eigenvalue weighted by Crippen LogP contribution is 2.13. The summed E-state index contributed by atoms with van der Waals surface area (Å²) in [4.78, 5) is 20.5. The number of unbranched alkanes of at least 4 members (excludes halogenated alkanes) is 22. The molecule has 0 aliphatic heterocycles. The van der Waals surface area contributed by atoms with Gasteiger partial charge in [-0.05, 0) is 51.4 Å². The van der Waals surface area contributed by atoms with E-state index in [0.29, 0.717) is 12.8 Å². The molecule has 0 rings (SSSR count). The van der Waals surface area contributed by atoms with Gasteiger partial charge in [-0.15, -0.1) is 6.58 Å². The third-order valence-electron chi connectivity index (χ3n) is 6.95. The molecular formula is C34H64O4. The SMILES string of the molecule is C=CCCCCCCCC(=O)O.CCCCCCCCCCCCCC/C=C\CCCCCCCC(=O)O. The molecule has 0 bridgehead atoms. The summed E-state index contributed by atoms with van der Waals surface area (Å²) < 4.78 is 0. The van der Waals surface area contributed by atoms with Crippen molar-refractivity contribution in [2.24, 2.45) is 0 Å². The fraction of sp³-hybridized carbons (Fsp3) is 0.824. The zero-order chi connectivity index (χ0) is 28.4. The minimum atomic E-state index is -0.680. The van der Waals surface area contributed by atoms with Crippen LogP contribution in [-0.2, 0) is 9.59 Å². The van der Waals surface area contributed by atoms with E-state index in [-0.39, 0.29) is 0 Å². The van der Waals surface area contributed by atoms with Gasteiger partial charge in [0.15, 0.2) is 0 Å². The normalized spacial score (nSPS) is 10.9. The second kappa shape index (κ2) is 35.4. The van der Waals surface area contributed by atoms with Gasteiger partial charge in [0.05, 0.1) is 0 Å². The molecule has 0 unspecified atom stereocenters. The predicted molar refractivity (Wildman–Crippen MR) is 165 cm³/mol. The first-order chi connectivity index (χ1) is 18.5. The van der Waals surface area contributed by atoms with Crippen LogP contribution in [0.5, 0.6) is 0 Å². The number of aliphatic carboxylic acids is 2. The van der Waals surface area contributed by atoms with Crippen molar-refractivity contribution in [2.45, 2.75) is 180 Å². The van der Waals surface area contributed by atoms with E-state index in [1.54, 1.807) is 0 Å². The van der Waals surface area contributed by atoms with Crippen molar-refractivity contribution in [1.29, 1.82) is 0 Å². The van der Waals surface area contributed by atoms with Crippen LogP contribution >= 0.6 is 0 Å². The maximum absolute atomic E-state index is 10.4. The Morgan fingerprint density at radius 2 is 0.763 bits per heavy atom. The zero-order valence-electron chi connectivity index (χ0n) is 25.2. The van der Waals surface area contributed by atoms with Gasteiger partial charge in [0.1, 0.15) is 0 Å². The molecule has 0 aliphatic carbocycles. The molecule has 2 N–H and O–H groups in total. The third-order valence-corrected chi connectivity index (χ3v) is 6.95. The Hall–Kier alpha value is -1.58. The third kappa shape index (κ3) is 41.5. The van der Waals surface area contributed by atoms with Crippen LogP contribution in [0.2, 0.25) is 0 Å². The van der Waals surface area contributed by atoms with E-state index in [1.807, 2.05) is 6.08 Å². The number of carbonyl (C=O) groups is 2. The number of allylic oxidation sites excluding steroid dienone is 3. The molecule has 0 aromatic rings. The lowest BCUT2D eigenvalue weighted by Gasteiger charge is -2.02. The monoisotopic (exact) mass is 536 g/mol. The number of hydrogen-bond acceptors (Lipinski definition) is 2. The predicted octanol–water partition coefficient (Wildman–Crippen LogP) is 11.4. The largest absolute Gasteiger partial charge is 0.481 e. The minimum Gasteiger partial charge on any atom is -0.481 e. The number of hydrogen-bond donors (Lipinski definition) is 2. The van der Waals surface area contributed by atoms with Crippen LogP contribution in [0.25, 0.3) is 0 Å². The van der Waals surface area contributed by atoms with Crippen LogP contribution < -0.4 is 0 Å². The average Bonchev–Trinajstić information content (AvgIpc) is 2.89. The molecule has 38 heavy (non-hydrogen) atoms. The Morgan fingerprint density at radius 3 is 1.08 bits per heavy atom. The Bertz CT molecular complexity index is 527. The fourth-order valence-corrected chi connectivity index (χ4v) is 4.50. The van der Waals surface area contributed by atoms with Crippen molar-refractivity contribution in [3.05, 3.63) is 24.8 Å². The van der Waals surface area contributed by atoms with E-state index in [9.17, 15) is 9.59 Å². The fourth-order valence-electron chi connectivity index (χ4n) is 4.50. The van der Waals surface area contributed by atoms with Crippen molar-refractivity contribution in [3.63, 3.8) is 0 Å². The van der Waals surface area contributed by atoms with Gasteiger partial charge < -0.3 is 10.2 Å². The first-order valence-electron chi connectivity index (χ1n) is 16.2. The lowest BCUT2D eigenvalue weighted by atomic mass is 10.0. The molecule has 0 atom stereocenters. The highest BCUT2D eigenvalue weighted by atomic mass is 16.4. The standard InChI is InChI=1S/C24H46O2.C10H18O2/c1-2-3-4-5-6-7-8-9-10-11-12-13-14-15-16-17-18-19-20-21-22-23-24(25)26;1-2-3-4-5-6-7-8-9-10(11)12/h15-16H,2-14,17-23H2,1H3,(H,25,26);2H,1,3-9H2,(H,11,12)/b16-15-;. The highest BCUT2D eigenvalue weighted by Gasteiger charge is 1.97. The van der Waals surface area contributed by atoms with Crippen LogP contribution in [0.15, 0.2) is 24.8 Å². The lowest BCUT2D eigenvalue weighted by molar-refractivity contribution is -0.138. The molecular weight excluding hydrogens is 472 g/mol. The van der Waals surface area contributed by atoms with Crippen LogP contribution in [0, 0.1) is 0 Å². The van der Waals surface area contributed by atoms with Gasteiger partial charge in [0.25, 0.3) is 0 Å². The maximum atomic E-state index is 10.4. The van der Waals surface area contributed by atoms with Crippen LogP contribution in [-0.4, -0.2) is 22.2 Å². The van der Waals surface area contributed by atoms with E-state index < -0.39 is 11.9 Å². The van der Waals surface area contributed by atoms with E-state index in [4.69, 9.17) is 10.2 Å². The molecule has 4 nitrogen and oxygen atoms in total. The summed E-state index contributed by atoms with van der Waals surface area (Å²) in [7, 11) is 0. The van der Waals surface area contributed by atoms with Crippen molar-refractivity contribution in [3.8, 4) is 0 Å². The maximum Gasteiger partial charge on any atom is 0.303 e. The van der Waals surface area contributed by atoms with Crippen molar-refractivity contribution >= 4 is 11.9 Å². The van der Waals surface area contributed by atoms with Crippen molar-refractivity contribution in [1.82, 2.24) is 0 Å². The number of carboxylic acid groups (broad SMARTS) is 2. The molecule has 0 radical (unpaired) electrons. The van der Waals surface area contributed by atoms with Gasteiger partial charge in [0, 0.05) is 12.8 Å². The van der Waals surface area contributed by atoms with Crippen molar-refractivity contribution < 1.29 is 19.8 Å². The molecule has 0 saturated heterocycles. The lowest BCUT2D eigenvalue weighted by Crippen LogP contribution is -1.93. The molecule has 4 heteroatoms. The minimum absolute atomic E-state index is 0.321. The van der Waals surface area contributed by atoms with E-state index >= 15 is 0 Å². The second-order valence-electron chi connectivity index (χ2n) is 10.8. The molecule has 0 heterocycles. The first-order valence-corrected chi connectivity index (χ1v) is 16.2. The summed E-state index contributed by atoms with van der Waals surface area (Å²) in [5.41, 5.74) is 0. The smallest absolute Gasteiger partial charge is 0.303 e. The summed E-state index contributed by atoms with van der Waals surface area (Å²) >= 11 is 0. The van der Waals surface area contributed by atoms with E-state index in [2.05, 4.69) is 25.7 Å². The van der Waals surface area contributed by atoms with Gasteiger partial charge in [-0.25, -0.2) is 0 Å². The van der Waals surface area contributed by atoms with Crippen LogP contribution in [0.4, 0.5) is 0 Å². The zero-order valence-corrected chi connectivity index (χ0v) is 25.2. The Morgan fingerprint density at radius 1 is 0.474 bits per heavy atom. The average molecular weight is 537 g/mol. The topological polar surface area (TPSA) is 74.6 Å². The molecule has 224 valence electrons. The van der Waals surface area contributed by atoms with Gasteiger partial charge in [-0.3, -0.25) is 9.59 Å². The Balaban J connectivity index is 0. The summed E-state index contributed by atoms with van der Waals surface area (Å²) in [5.74, 6) is -1.34. The highest BCUT2D eigenvalue weighted by molar-refractivity contribution is 5.66. The summed E-state index contributed by atoms with van der Waals surface area (Å²) in [6, 6.07) is 0. The van der Waals surface area contributed by atoms with Gasteiger partial charge in [-0.2, -0.15) is 0 Å². The van der Waals surface area contributed by atoms with Crippen LogP contribution in [0.1, 0.15) is 180 Å². The molecule has 0 fully saturated rings. The van der Waals surface area contributed by atoms with Crippen molar-refractivity contribution in [2.75, 3.05) is 0 Å². The Kier molecular flexibility index (Phi) is 35.9. The summed E-state index contributed by atoms with van der Waals surface area (Å²) in [6.07, 6.45) is 38.8. The van der Waals surface area contributed by atoms with Crippen LogP contribution in [0.3, 0.4) is 0 Å². The van der Waals surface area contributed by atoms with Gasteiger partial charge in [-0.1, -0.05) is 134 Å². The molecule has 0 aliphatic rings. The molecule has 0 spiro atoms. The summed E-state index contributed by atoms with van der Waals surface area (Å²) in [5, 5.41) is 16.9. The van der Waals surface area contributed by atoms with E-state index in [0.717, 1.165) is 38.5 Å². The van der Waals surface area contributed by atoms with E-state index in [1.165, 1.54) is 122 Å². The number of rotatable bonds is 29. The van der Waals surface area contributed by atoms with Gasteiger partial charge in [0.2, 0.25) is 0 Å². The summed E-state index contributed by atoms with van der Waals surface area (Å²) in [6.45, 7) is 5.92. The second-order valence-corrected chi connectivity index (χ2v) is 10.8. The molecule has 0 amide bonds. The molecule has 0 aromatic carbocycles. The molecule has 0 saturated carbocycles. The van der Waals surface area contributed by atoms with Gasteiger partial charge >= 0.3 is 11.9 Å². The number of carboxylic acids is 2.